The van der Waals surface area contributed by atoms with Crippen LogP contribution in [0, 0.1) is 13.8 Å². The van der Waals surface area contributed by atoms with E-state index < -0.39 is 11.5 Å². The fraction of sp³-hybridized carbons (Fsp3) is 0.0833. The fourth-order valence-electron chi connectivity index (χ4n) is 3.63. The molecule has 0 saturated carbocycles. The zero-order valence-electron chi connectivity index (χ0n) is 16.9. The van der Waals surface area contributed by atoms with E-state index in [0.717, 1.165) is 32.5 Å². The molecule has 5 rings (SSSR count). The summed E-state index contributed by atoms with van der Waals surface area (Å²) in [4.78, 5) is 35.5. The van der Waals surface area contributed by atoms with Crippen LogP contribution in [0.3, 0.4) is 0 Å². The predicted molar refractivity (Wildman–Crippen MR) is 124 cm³/mol. The lowest BCUT2D eigenvalue weighted by Crippen LogP contribution is -2.26. The largest absolute Gasteiger partial charge is 0.298 e. The lowest BCUT2D eigenvalue weighted by atomic mass is 10.0. The Morgan fingerprint density at radius 2 is 1.84 bits per heavy atom. The Hall–Kier alpha value is -3.84. The van der Waals surface area contributed by atoms with E-state index in [0.29, 0.717) is 10.8 Å². The Balaban J connectivity index is 1.51. The number of aryl methyl sites for hydroxylation is 2. The van der Waals surface area contributed by atoms with Gasteiger partial charge >= 0.3 is 0 Å². The molecule has 3 aromatic heterocycles. The molecule has 0 spiro atoms. The van der Waals surface area contributed by atoms with E-state index in [4.69, 9.17) is 0 Å². The highest BCUT2D eigenvalue weighted by Gasteiger charge is 2.18. The van der Waals surface area contributed by atoms with Crippen molar-refractivity contribution in [3.63, 3.8) is 0 Å². The molecule has 0 radical (unpaired) electrons. The van der Waals surface area contributed by atoms with Gasteiger partial charge in [-0.25, -0.2) is 9.97 Å². The van der Waals surface area contributed by atoms with Crippen molar-refractivity contribution in [1.82, 2.24) is 14.4 Å². The molecule has 2 aromatic carbocycles. The van der Waals surface area contributed by atoms with E-state index >= 15 is 0 Å². The standard InChI is InChI=1S/C24H18N4O2S/c1-14-10-11-20-25-12-19(23(30)28(20)13-14)22(29)27-24-26-21(15(2)31-24)18-9-5-7-16-6-3-4-8-17(16)18/h3-13H,1-2H3,(H,26,27,29). The molecule has 152 valence electrons. The maximum Gasteiger partial charge on any atom is 0.270 e. The molecule has 0 saturated heterocycles. The van der Waals surface area contributed by atoms with Gasteiger partial charge in [0.1, 0.15) is 11.2 Å². The summed E-state index contributed by atoms with van der Waals surface area (Å²) in [5.74, 6) is -0.522. The normalized spacial score (nSPS) is 11.2. The first-order valence-corrected chi connectivity index (χ1v) is 10.6. The lowest BCUT2D eigenvalue weighted by Gasteiger charge is -2.05. The summed E-state index contributed by atoms with van der Waals surface area (Å²) in [6.07, 6.45) is 2.99. The quantitative estimate of drug-likeness (QED) is 0.448. The molecule has 31 heavy (non-hydrogen) atoms. The van der Waals surface area contributed by atoms with Crippen LogP contribution in [0.1, 0.15) is 20.8 Å². The molecule has 0 bridgehead atoms. The highest BCUT2D eigenvalue weighted by Crippen LogP contribution is 2.34. The maximum absolute atomic E-state index is 12.8. The summed E-state index contributed by atoms with van der Waals surface area (Å²) in [7, 11) is 0. The van der Waals surface area contributed by atoms with Crippen molar-refractivity contribution in [2.24, 2.45) is 0 Å². The van der Waals surface area contributed by atoms with Crippen LogP contribution < -0.4 is 10.9 Å². The van der Waals surface area contributed by atoms with Gasteiger partial charge in [0.2, 0.25) is 0 Å². The second-order valence-electron chi connectivity index (χ2n) is 7.32. The minimum absolute atomic E-state index is 0.0253. The Morgan fingerprint density at radius 3 is 2.71 bits per heavy atom. The first-order chi connectivity index (χ1) is 15.0. The average molecular weight is 427 g/mol. The predicted octanol–water partition coefficient (Wildman–Crippen LogP) is 4.84. The molecule has 1 N–H and O–H groups in total. The fourth-order valence-corrected chi connectivity index (χ4v) is 4.46. The number of anilines is 1. The molecule has 5 aromatic rings. The van der Waals surface area contributed by atoms with Gasteiger partial charge in [-0.1, -0.05) is 48.5 Å². The van der Waals surface area contributed by atoms with Crippen LogP contribution >= 0.6 is 11.3 Å². The zero-order chi connectivity index (χ0) is 21.5. The van der Waals surface area contributed by atoms with Crippen molar-refractivity contribution < 1.29 is 4.79 Å². The van der Waals surface area contributed by atoms with E-state index in [1.54, 1.807) is 12.3 Å². The van der Waals surface area contributed by atoms with E-state index in [-0.39, 0.29) is 5.56 Å². The number of amides is 1. The molecule has 0 atom stereocenters. The molecule has 6 nitrogen and oxygen atoms in total. The van der Waals surface area contributed by atoms with Gasteiger partial charge < -0.3 is 0 Å². The number of aromatic nitrogens is 3. The van der Waals surface area contributed by atoms with E-state index in [2.05, 4.69) is 33.5 Å². The van der Waals surface area contributed by atoms with Gasteiger partial charge in [-0.3, -0.25) is 19.3 Å². The Kier molecular flexibility index (Phi) is 4.60. The van der Waals surface area contributed by atoms with Crippen LogP contribution in [0.4, 0.5) is 5.13 Å². The van der Waals surface area contributed by atoms with Crippen molar-refractivity contribution in [3.8, 4) is 11.3 Å². The van der Waals surface area contributed by atoms with Gasteiger partial charge in [-0.15, -0.1) is 11.3 Å². The number of hydrogen-bond acceptors (Lipinski definition) is 5. The van der Waals surface area contributed by atoms with Crippen LogP contribution in [0.15, 0.2) is 71.8 Å². The maximum atomic E-state index is 12.8. The summed E-state index contributed by atoms with van der Waals surface area (Å²) in [6.45, 7) is 3.85. The van der Waals surface area contributed by atoms with Crippen molar-refractivity contribution >= 4 is 38.8 Å². The second kappa shape index (κ2) is 7.45. The van der Waals surface area contributed by atoms with Gasteiger partial charge in [-0.05, 0) is 36.2 Å². The zero-order valence-corrected chi connectivity index (χ0v) is 17.7. The molecular formula is C24H18N4O2S. The molecule has 3 heterocycles. The Labute approximate surface area is 181 Å². The number of nitrogens with one attached hydrogen (secondary N) is 1. The molecule has 7 heteroatoms. The van der Waals surface area contributed by atoms with Crippen molar-refractivity contribution in [3.05, 3.63) is 93.3 Å². The first kappa shape index (κ1) is 19.1. The molecule has 0 aliphatic heterocycles. The summed E-state index contributed by atoms with van der Waals surface area (Å²) in [6, 6.07) is 17.8. The molecule has 0 aliphatic rings. The smallest absolute Gasteiger partial charge is 0.270 e. The number of nitrogens with zero attached hydrogens (tertiary/aromatic N) is 3. The minimum atomic E-state index is -0.522. The molecule has 0 aliphatic carbocycles. The van der Waals surface area contributed by atoms with Gasteiger partial charge in [0.25, 0.3) is 11.5 Å². The topological polar surface area (TPSA) is 76.4 Å². The van der Waals surface area contributed by atoms with Gasteiger partial charge in [0.15, 0.2) is 5.13 Å². The molecule has 0 unspecified atom stereocenters. The molecule has 1 amide bonds. The van der Waals surface area contributed by atoms with E-state index in [9.17, 15) is 9.59 Å². The van der Waals surface area contributed by atoms with Crippen LogP contribution in [0.25, 0.3) is 27.7 Å². The van der Waals surface area contributed by atoms with Crippen molar-refractivity contribution in [2.45, 2.75) is 13.8 Å². The first-order valence-electron chi connectivity index (χ1n) is 9.76. The number of rotatable bonds is 3. The van der Waals surface area contributed by atoms with Crippen molar-refractivity contribution in [2.75, 3.05) is 5.32 Å². The van der Waals surface area contributed by atoms with Gasteiger partial charge in [0.05, 0.1) is 5.69 Å². The Morgan fingerprint density at radius 1 is 1.03 bits per heavy atom. The van der Waals surface area contributed by atoms with E-state index in [1.807, 2.05) is 44.2 Å². The van der Waals surface area contributed by atoms with Crippen LogP contribution in [-0.4, -0.2) is 20.3 Å². The number of thiazole rings is 1. The number of pyridine rings is 1. The average Bonchev–Trinajstić information content (AvgIpc) is 3.13. The van der Waals surface area contributed by atoms with Crippen molar-refractivity contribution in [1.29, 1.82) is 0 Å². The summed E-state index contributed by atoms with van der Waals surface area (Å²) < 4.78 is 1.39. The number of fused-ring (bicyclic) bond motifs is 2. The number of benzene rings is 2. The number of carbonyl (C=O) groups is 1. The third kappa shape index (κ3) is 3.39. The number of hydrogen-bond donors (Lipinski definition) is 1. The second-order valence-corrected chi connectivity index (χ2v) is 8.52. The summed E-state index contributed by atoms with van der Waals surface area (Å²) >= 11 is 1.38. The summed E-state index contributed by atoms with van der Waals surface area (Å²) in [5, 5.41) is 5.45. The third-order valence-corrected chi connectivity index (χ3v) is 6.04. The van der Waals surface area contributed by atoms with Gasteiger partial charge in [0, 0.05) is 22.8 Å². The monoisotopic (exact) mass is 426 g/mol. The van der Waals surface area contributed by atoms with Crippen LogP contribution in [0.5, 0.6) is 0 Å². The number of carbonyl (C=O) groups excluding carboxylic acids is 1. The van der Waals surface area contributed by atoms with Crippen LogP contribution in [-0.2, 0) is 0 Å². The Bertz CT molecular complexity index is 1530. The molecule has 0 fully saturated rings. The van der Waals surface area contributed by atoms with Crippen LogP contribution in [0.2, 0.25) is 0 Å². The highest BCUT2D eigenvalue weighted by atomic mass is 32.1. The van der Waals surface area contributed by atoms with E-state index in [1.165, 1.54) is 21.9 Å². The van der Waals surface area contributed by atoms with Gasteiger partial charge in [-0.2, -0.15) is 0 Å². The summed E-state index contributed by atoms with van der Waals surface area (Å²) in [5.41, 5.74) is 2.80. The third-order valence-electron chi connectivity index (χ3n) is 5.16. The lowest BCUT2D eigenvalue weighted by molar-refractivity contribution is 0.102. The SMILES string of the molecule is Cc1ccc2ncc(C(=O)Nc3nc(-c4cccc5ccccc45)c(C)s3)c(=O)n2c1. The highest BCUT2D eigenvalue weighted by molar-refractivity contribution is 7.16. The molecular weight excluding hydrogens is 408 g/mol. The minimum Gasteiger partial charge on any atom is -0.298 e.